The molecule has 130 valence electrons. The third kappa shape index (κ3) is 3.52. The van der Waals surface area contributed by atoms with Crippen LogP contribution in [0, 0.1) is 13.8 Å². The second kappa shape index (κ2) is 6.97. The van der Waals surface area contributed by atoms with Crippen molar-refractivity contribution in [3.63, 3.8) is 0 Å². The van der Waals surface area contributed by atoms with Gasteiger partial charge in [0.15, 0.2) is 0 Å². The smallest absolute Gasteiger partial charge is 0.267 e. The van der Waals surface area contributed by atoms with Crippen LogP contribution in [0.5, 0.6) is 0 Å². The summed E-state index contributed by atoms with van der Waals surface area (Å²) in [5, 5.41) is 4.96. The molecule has 0 aliphatic carbocycles. The molecule has 0 radical (unpaired) electrons. The largest absolute Gasteiger partial charge is 0.321 e. The number of nitrogens with one attached hydrogen (secondary N) is 1. The number of benzene rings is 2. The number of hydrogen-bond acceptors (Lipinski definition) is 5. The number of rotatable bonds is 4. The lowest BCUT2D eigenvalue weighted by Crippen LogP contribution is -2.11. The number of thiazole rings is 2. The Morgan fingerprint density at radius 3 is 2.65 bits per heavy atom. The Morgan fingerprint density at radius 1 is 1.04 bits per heavy atom. The minimum Gasteiger partial charge on any atom is -0.321 e. The van der Waals surface area contributed by atoms with Crippen LogP contribution in [0.4, 0.5) is 5.69 Å². The molecule has 4 aromatic rings. The fourth-order valence-electron chi connectivity index (χ4n) is 2.81. The Labute approximate surface area is 159 Å². The molecule has 0 spiro atoms. The van der Waals surface area contributed by atoms with E-state index in [1.165, 1.54) is 16.9 Å². The molecular formula is C20H17N3OS2. The van der Waals surface area contributed by atoms with Gasteiger partial charge in [-0.25, -0.2) is 9.97 Å². The van der Waals surface area contributed by atoms with E-state index in [0.29, 0.717) is 4.88 Å². The van der Waals surface area contributed by atoms with E-state index >= 15 is 0 Å². The van der Waals surface area contributed by atoms with Gasteiger partial charge in [0.2, 0.25) is 0 Å². The normalized spacial score (nSPS) is 11.0. The van der Waals surface area contributed by atoms with E-state index in [2.05, 4.69) is 27.4 Å². The molecule has 2 aromatic heterocycles. The average Bonchev–Trinajstić information content (AvgIpc) is 3.16. The number of aromatic nitrogens is 2. The summed E-state index contributed by atoms with van der Waals surface area (Å²) < 4.78 is 1.08. The van der Waals surface area contributed by atoms with Crippen molar-refractivity contribution in [1.29, 1.82) is 0 Å². The van der Waals surface area contributed by atoms with E-state index in [4.69, 9.17) is 0 Å². The molecule has 0 unspecified atom stereocenters. The monoisotopic (exact) mass is 379 g/mol. The summed E-state index contributed by atoms with van der Waals surface area (Å²) in [5.74, 6) is -0.111. The molecule has 6 heteroatoms. The highest BCUT2D eigenvalue weighted by Gasteiger charge is 2.16. The second-order valence-corrected chi connectivity index (χ2v) is 8.37. The lowest BCUT2D eigenvalue weighted by Gasteiger charge is -2.03. The molecule has 0 saturated carbocycles. The van der Waals surface area contributed by atoms with Crippen molar-refractivity contribution >= 4 is 44.5 Å². The molecule has 0 bridgehead atoms. The maximum absolute atomic E-state index is 12.7. The predicted octanol–water partition coefficient (Wildman–Crippen LogP) is 5.21. The summed E-state index contributed by atoms with van der Waals surface area (Å²) in [4.78, 5) is 22.4. The first kappa shape index (κ1) is 16.9. The third-order valence-electron chi connectivity index (χ3n) is 4.00. The maximum Gasteiger partial charge on any atom is 0.267 e. The van der Waals surface area contributed by atoms with Crippen LogP contribution in [0.2, 0.25) is 0 Å². The number of fused-ring (bicyclic) bond motifs is 1. The number of aryl methyl sites for hydroxylation is 2. The molecule has 26 heavy (non-hydrogen) atoms. The standard InChI is InChI=1S/C20H17N3OS2/c1-12-19(26-18(21-12)10-14-6-4-3-5-7-14)20(24)23-15-8-9-16-17(11-15)25-13(2)22-16/h3-9,11H,10H2,1-2H3,(H,23,24). The number of nitrogens with zero attached hydrogens (tertiary/aromatic N) is 2. The van der Waals surface area contributed by atoms with Crippen LogP contribution < -0.4 is 5.32 Å². The van der Waals surface area contributed by atoms with Gasteiger partial charge in [-0.2, -0.15) is 0 Å². The van der Waals surface area contributed by atoms with Gasteiger partial charge in [0.05, 0.1) is 25.9 Å². The van der Waals surface area contributed by atoms with Crippen LogP contribution in [-0.2, 0) is 6.42 Å². The van der Waals surface area contributed by atoms with Gasteiger partial charge in [-0.05, 0) is 37.6 Å². The van der Waals surface area contributed by atoms with Gasteiger partial charge >= 0.3 is 0 Å². The minimum atomic E-state index is -0.111. The number of hydrogen-bond donors (Lipinski definition) is 1. The van der Waals surface area contributed by atoms with Crippen molar-refractivity contribution in [3.05, 3.63) is 74.7 Å². The molecule has 0 saturated heterocycles. The van der Waals surface area contributed by atoms with Crippen LogP contribution in [0.1, 0.15) is 30.9 Å². The van der Waals surface area contributed by atoms with E-state index in [9.17, 15) is 4.79 Å². The number of carbonyl (C=O) groups is 1. The van der Waals surface area contributed by atoms with Gasteiger partial charge in [-0.3, -0.25) is 4.79 Å². The molecule has 0 aliphatic rings. The molecule has 0 fully saturated rings. The van der Waals surface area contributed by atoms with Gasteiger partial charge in [-0.1, -0.05) is 30.3 Å². The van der Waals surface area contributed by atoms with Gasteiger partial charge in [-0.15, -0.1) is 22.7 Å². The van der Waals surface area contributed by atoms with Crippen LogP contribution in [0.25, 0.3) is 10.2 Å². The first-order chi connectivity index (χ1) is 12.6. The molecule has 0 atom stereocenters. The number of carbonyl (C=O) groups excluding carboxylic acids is 1. The Kier molecular flexibility index (Phi) is 4.53. The summed E-state index contributed by atoms with van der Waals surface area (Å²) >= 11 is 3.08. The Bertz CT molecular complexity index is 1080. The zero-order chi connectivity index (χ0) is 18.1. The summed E-state index contributed by atoms with van der Waals surface area (Å²) in [6.45, 7) is 3.87. The Hall–Kier alpha value is -2.57. The molecule has 1 amide bonds. The fourth-order valence-corrected chi connectivity index (χ4v) is 4.68. The maximum atomic E-state index is 12.7. The predicted molar refractivity (Wildman–Crippen MR) is 108 cm³/mol. The summed E-state index contributed by atoms with van der Waals surface area (Å²) in [6.07, 6.45) is 0.742. The Balaban J connectivity index is 1.53. The van der Waals surface area contributed by atoms with Crippen LogP contribution in [0.3, 0.4) is 0 Å². The van der Waals surface area contributed by atoms with Crippen molar-refractivity contribution in [1.82, 2.24) is 9.97 Å². The van der Waals surface area contributed by atoms with Crippen molar-refractivity contribution in [2.45, 2.75) is 20.3 Å². The molecule has 1 N–H and O–H groups in total. The van der Waals surface area contributed by atoms with E-state index in [0.717, 1.165) is 38.0 Å². The highest BCUT2D eigenvalue weighted by Crippen LogP contribution is 2.26. The quantitative estimate of drug-likeness (QED) is 0.529. The zero-order valence-electron chi connectivity index (χ0n) is 14.4. The van der Waals surface area contributed by atoms with E-state index in [1.807, 2.05) is 50.2 Å². The minimum absolute atomic E-state index is 0.111. The van der Waals surface area contributed by atoms with Crippen molar-refractivity contribution in [3.8, 4) is 0 Å². The van der Waals surface area contributed by atoms with E-state index in [-0.39, 0.29) is 5.91 Å². The van der Waals surface area contributed by atoms with Gasteiger partial charge < -0.3 is 5.32 Å². The molecule has 2 heterocycles. The van der Waals surface area contributed by atoms with Gasteiger partial charge in [0, 0.05) is 12.1 Å². The van der Waals surface area contributed by atoms with Gasteiger partial charge in [0.25, 0.3) is 5.91 Å². The number of anilines is 1. The molecular weight excluding hydrogens is 362 g/mol. The van der Waals surface area contributed by atoms with Crippen LogP contribution in [-0.4, -0.2) is 15.9 Å². The molecule has 4 rings (SSSR count). The van der Waals surface area contributed by atoms with Gasteiger partial charge in [0.1, 0.15) is 4.88 Å². The second-order valence-electron chi connectivity index (χ2n) is 6.05. The molecule has 0 aliphatic heterocycles. The third-order valence-corrected chi connectivity index (χ3v) is 6.09. The lowest BCUT2D eigenvalue weighted by molar-refractivity contribution is 0.103. The van der Waals surface area contributed by atoms with Crippen LogP contribution in [0.15, 0.2) is 48.5 Å². The fraction of sp³-hybridized carbons (Fsp3) is 0.150. The Morgan fingerprint density at radius 2 is 1.85 bits per heavy atom. The highest BCUT2D eigenvalue weighted by molar-refractivity contribution is 7.18. The van der Waals surface area contributed by atoms with Crippen molar-refractivity contribution in [2.24, 2.45) is 0 Å². The van der Waals surface area contributed by atoms with Crippen LogP contribution >= 0.6 is 22.7 Å². The topological polar surface area (TPSA) is 54.9 Å². The molecule has 4 nitrogen and oxygen atoms in total. The van der Waals surface area contributed by atoms with Crippen molar-refractivity contribution in [2.75, 3.05) is 5.32 Å². The molecule has 2 aromatic carbocycles. The zero-order valence-corrected chi connectivity index (χ0v) is 16.1. The van der Waals surface area contributed by atoms with E-state index in [1.54, 1.807) is 11.3 Å². The SMILES string of the molecule is Cc1nc2ccc(NC(=O)c3sc(Cc4ccccc4)nc3C)cc2s1. The van der Waals surface area contributed by atoms with E-state index < -0.39 is 0 Å². The lowest BCUT2D eigenvalue weighted by atomic mass is 10.2. The summed E-state index contributed by atoms with van der Waals surface area (Å²) in [5.41, 5.74) is 3.71. The first-order valence-electron chi connectivity index (χ1n) is 8.27. The summed E-state index contributed by atoms with van der Waals surface area (Å²) in [6, 6.07) is 16.0. The van der Waals surface area contributed by atoms with Crippen molar-refractivity contribution < 1.29 is 4.79 Å². The highest BCUT2D eigenvalue weighted by atomic mass is 32.1. The average molecular weight is 380 g/mol. The number of amides is 1. The summed E-state index contributed by atoms with van der Waals surface area (Å²) in [7, 11) is 0. The first-order valence-corrected chi connectivity index (χ1v) is 9.90.